The third-order valence-corrected chi connectivity index (χ3v) is 3.69. The van der Waals surface area contributed by atoms with Gasteiger partial charge in [0.15, 0.2) is 6.10 Å². The number of esters is 1. The smallest absolute Gasteiger partial charge is 0.338 e. The number of benzene rings is 2. The molecule has 1 atom stereocenters. The van der Waals surface area contributed by atoms with Crippen LogP contribution in [0.4, 0.5) is 11.4 Å². The Kier molecular flexibility index (Phi) is 5.47. The van der Waals surface area contributed by atoms with E-state index in [0.717, 1.165) is 0 Å². The molecule has 2 rings (SSSR count). The lowest BCUT2D eigenvalue weighted by atomic mass is 10.2. The fraction of sp³-hybridized carbons (Fsp3) is 0.125. The quantitative estimate of drug-likeness (QED) is 0.648. The van der Waals surface area contributed by atoms with Crippen molar-refractivity contribution in [2.24, 2.45) is 0 Å². The van der Waals surface area contributed by atoms with E-state index in [2.05, 4.69) is 5.32 Å². The molecule has 0 unspecified atom stereocenters. The second-order valence-corrected chi connectivity index (χ2v) is 5.57. The van der Waals surface area contributed by atoms with Crippen molar-refractivity contribution in [2.45, 2.75) is 13.0 Å². The molecular formula is C16H14Cl2N2O3. The lowest BCUT2D eigenvalue weighted by Gasteiger charge is -2.14. The van der Waals surface area contributed by atoms with Gasteiger partial charge in [-0.3, -0.25) is 4.79 Å². The van der Waals surface area contributed by atoms with Crippen molar-refractivity contribution in [3.8, 4) is 0 Å². The molecule has 120 valence electrons. The SMILES string of the molecule is C[C@H](OC(=O)c1ccc(Cl)c(N)c1)C(=O)Nc1ccccc1Cl. The van der Waals surface area contributed by atoms with Gasteiger partial charge in [-0.1, -0.05) is 35.3 Å². The van der Waals surface area contributed by atoms with Gasteiger partial charge >= 0.3 is 5.97 Å². The zero-order valence-electron chi connectivity index (χ0n) is 12.2. The van der Waals surface area contributed by atoms with Crippen molar-refractivity contribution in [1.82, 2.24) is 0 Å². The Labute approximate surface area is 143 Å². The molecule has 0 saturated carbocycles. The van der Waals surface area contributed by atoms with Crippen LogP contribution in [-0.4, -0.2) is 18.0 Å². The average molecular weight is 353 g/mol. The molecule has 0 saturated heterocycles. The highest BCUT2D eigenvalue weighted by atomic mass is 35.5. The first-order valence-electron chi connectivity index (χ1n) is 6.70. The van der Waals surface area contributed by atoms with Gasteiger partial charge in [0.25, 0.3) is 5.91 Å². The molecular weight excluding hydrogens is 339 g/mol. The van der Waals surface area contributed by atoms with Gasteiger partial charge in [0.2, 0.25) is 0 Å². The molecule has 0 aliphatic carbocycles. The first-order valence-corrected chi connectivity index (χ1v) is 7.45. The standard InChI is InChI=1S/C16H14Cl2N2O3/c1-9(15(21)20-14-5-3-2-4-12(14)18)23-16(22)10-6-7-11(17)13(19)8-10/h2-9H,19H2,1H3,(H,20,21)/t9-/m0/s1. The van der Waals surface area contributed by atoms with Crippen LogP contribution in [0.3, 0.4) is 0 Å². The molecule has 0 heterocycles. The van der Waals surface area contributed by atoms with Gasteiger partial charge < -0.3 is 15.8 Å². The summed E-state index contributed by atoms with van der Waals surface area (Å²) < 4.78 is 5.11. The van der Waals surface area contributed by atoms with Gasteiger partial charge in [-0.25, -0.2) is 4.79 Å². The van der Waals surface area contributed by atoms with Crippen LogP contribution in [0.5, 0.6) is 0 Å². The number of carbonyl (C=O) groups is 2. The maximum atomic E-state index is 12.1. The number of nitrogen functional groups attached to an aromatic ring is 1. The zero-order valence-corrected chi connectivity index (χ0v) is 13.7. The second kappa shape index (κ2) is 7.35. The largest absolute Gasteiger partial charge is 0.449 e. The van der Waals surface area contributed by atoms with Crippen molar-refractivity contribution < 1.29 is 14.3 Å². The van der Waals surface area contributed by atoms with Crippen molar-refractivity contribution in [3.05, 3.63) is 58.1 Å². The van der Waals surface area contributed by atoms with E-state index in [1.807, 2.05) is 0 Å². The fourth-order valence-corrected chi connectivity index (χ4v) is 2.05. The predicted octanol–water partition coefficient (Wildman–Crippen LogP) is 3.76. The minimum Gasteiger partial charge on any atom is -0.449 e. The summed E-state index contributed by atoms with van der Waals surface area (Å²) in [5.41, 5.74) is 6.55. The Morgan fingerprint density at radius 3 is 2.48 bits per heavy atom. The molecule has 0 aromatic heterocycles. The summed E-state index contributed by atoms with van der Waals surface area (Å²) in [7, 11) is 0. The Morgan fingerprint density at radius 1 is 1.13 bits per heavy atom. The Hall–Kier alpha value is -2.24. The fourth-order valence-electron chi connectivity index (χ4n) is 1.75. The third-order valence-electron chi connectivity index (χ3n) is 3.02. The van der Waals surface area contributed by atoms with Gasteiger partial charge in [0.05, 0.1) is 27.0 Å². The van der Waals surface area contributed by atoms with Crippen molar-refractivity contribution >= 4 is 46.5 Å². The molecule has 5 nitrogen and oxygen atoms in total. The molecule has 7 heteroatoms. The molecule has 0 spiro atoms. The van der Waals surface area contributed by atoms with Crippen LogP contribution >= 0.6 is 23.2 Å². The minimum absolute atomic E-state index is 0.212. The van der Waals surface area contributed by atoms with Gasteiger partial charge in [-0.05, 0) is 37.3 Å². The summed E-state index contributed by atoms with van der Waals surface area (Å²) >= 11 is 11.8. The van der Waals surface area contributed by atoms with E-state index in [1.165, 1.54) is 25.1 Å². The van der Waals surface area contributed by atoms with E-state index < -0.39 is 18.0 Å². The molecule has 2 aromatic rings. The lowest BCUT2D eigenvalue weighted by molar-refractivity contribution is -0.123. The lowest BCUT2D eigenvalue weighted by Crippen LogP contribution is -2.30. The highest BCUT2D eigenvalue weighted by Crippen LogP contribution is 2.22. The van der Waals surface area contributed by atoms with E-state index >= 15 is 0 Å². The molecule has 2 aromatic carbocycles. The summed E-state index contributed by atoms with van der Waals surface area (Å²) in [6.45, 7) is 1.46. The van der Waals surface area contributed by atoms with Crippen LogP contribution in [0, 0.1) is 0 Å². The number of hydrogen-bond acceptors (Lipinski definition) is 4. The van der Waals surface area contributed by atoms with E-state index in [9.17, 15) is 9.59 Å². The first kappa shape index (κ1) is 17.1. The van der Waals surface area contributed by atoms with Gasteiger partial charge in [0, 0.05) is 0 Å². The van der Waals surface area contributed by atoms with Crippen LogP contribution in [-0.2, 0) is 9.53 Å². The summed E-state index contributed by atoms with van der Waals surface area (Å²) in [6, 6.07) is 11.1. The van der Waals surface area contributed by atoms with E-state index in [-0.39, 0.29) is 11.3 Å². The van der Waals surface area contributed by atoms with Gasteiger partial charge in [0.1, 0.15) is 0 Å². The maximum absolute atomic E-state index is 12.1. The number of rotatable bonds is 4. The maximum Gasteiger partial charge on any atom is 0.338 e. The number of amides is 1. The third kappa shape index (κ3) is 4.37. The predicted molar refractivity (Wildman–Crippen MR) is 90.8 cm³/mol. The van der Waals surface area contributed by atoms with Crippen LogP contribution < -0.4 is 11.1 Å². The summed E-state index contributed by atoms with van der Waals surface area (Å²) in [5, 5.41) is 3.33. The van der Waals surface area contributed by atoms with E-state index in [0.29, 0.717) is 15.7 Å². The topological polar surface area (TPSA) is 81.4 Å². The summed E-state index contributed by atoms with van der Waals surface area (Å²) in [6.07, 6.45) is -1.00. The Morgan fingerprint density at radius 2 is 1.83 bits per heavy atom. The number of para-hydroxylation sites is 1. The minimum atomic E-state index is -1.00. The number of hydrogen-bond donors (Lipinski definition) is 2. The normalized spacial score (nSPS) is 11.6. The Bertz CT molecular complexity index is 750. The molecule has 1 amide bonds. The summed E-state index contributed by atoms with van der Waals surface area (Å²) in [4.78, 5) is 24.1. The molecule has 0 aliphatic rings. The molecule has 0 aliphatic heterocycles. The number of halogens is 2. The Balaban J connectivity index is 2.01. The highest BCUT2D eigenvalue weighted by molar-refractivity contribution is 6.34. The molecule has 0 bridgehead atoms. The number of carbonyl (C=O) groups excluding carboxylic acids is 2. The van der Waals surface area contributed by atoms with Crippen LogP contribution in [0.15, 0.2) is 42.5 Å². The summed E-state index contributed by atoms with van der Waals surface area (Å²) in [5.74, 6) is -1.16. The van der Waals surface area contributed by atoms with Crippen molar-refractivity contribution in [3.63, 3.8) is 0 Å². The zero-order chi connectivity index (χ0) is 17.0. The van der Waals surface area contributed by atoms with Gasteiger partial charge in [-0.15, -0.1) is 0 Å². The number of anilines is 2. The molecule has 3 N–H and O–H groups in total. The second-order valence-electron chi connectivity index (χ2n) is 4.75. The molecule has 23 heavy (non-hydrogen) atoms. The monoisotopic (exact) mass is 352 g/mol. The van der Waals surface area contributed by atoms with Crippen molar-refractivity contribution in [1.29, 1.82) is 0 Å². The van der Waals surface area contributed by atoms with Crippen LogP contribution in [0.1, 0.15) is 17.3 Å². The average Bonchev–Trinajstić information content (AvgIpc) is 2.52. The van der Waals surface area contributed by atoms with E-state index in [1.54, 1.807) is 24.3 Å². The van der Waals surface area contributed by atoms with E-state index in [4.69, 9.17) is 33.7 Å². The molecule has 0 fully saturated rings. The first-order chi connectivity index (χ1) is 10.9. The van der Waals surface area contributed by atoms with Crippen molar-refractivity contribution in [2.75, 3.05) is 11.1 Å². The van der Waals surface area contributed by atoms with Crippen LogP contribution in [0.2, 0.25) is 10.0 Å². The number of nitrogens with one attached hydrogen (secondary N) is 1. The molecule has 0 radical (unpaired) electrons. The highest BCUT2D eigenvalue weighted by Gasteiger charge is 2.20. The van der Waals surface area contributed by atoms with Crippen LogP contribution in [0.25, 0.3) is 0 Å². The number of nitrogens with two attached hydrogens (primary N) is 1. The number of ether oxygens (including phenoxy) is 1. The van der Waals surface area contributed by atoms with Gasteiger partial charge in [-0.2, -0.15) is 0 Å².